The summed E-state index contributed by atoms with van der Waals surface area (Å²) in [6.07, 6.45) is -0.963. The molecule has 13 heavy (non-hydrogen) atoms. The molecule has 0 saturated heterocycles. The minimum atomic E-state index is -0.975. The van der Waals surface area contributed by atoms with E-state index < -0.39 is 23.8 Å². The Morgan fingerprint density at radius 2 is 1.92 bits per heavy atom. The predicted octanol–water partition coefficient (Wildman–Crippen LogP) is 1.35. The van der Waals surface area contributed by atoms with Gasteiger partial charge in [0.05, 0.1) is 6.10 Å². The molecule has 2 nitrogen and oxygen atoms in total. The standard InChI is InChI=1S/C9H11F2NO/c1-5(12)9(13)6-2-3-7(10)8(11)4-6/h2-5,9,13H,12H2,1H3/t5-,9-/m0/s1. The van der Waals surface area contributed by atoms with Crippen LogP contribution in [0.2, 0.25) is 0 Å². The van der Waals surface area contributed by atoms with Crippen LogP contribution in [0.15, 0.2) is 18.2 Å². The second kappa shape index (κ2) is 3.81. The summed E-state index contributed by atoms with van der Waals surface area (Å²) in [5.41, 5.74) is 5.68. The molecule has 4 heteroatoms. The van der Waals surface area contributed by atoms with Gasteiger partial charge in [0, 0.05) is 6.04 Å². The second-order valence-electron chi connectivity index (χ2n) is 2.98. The number of benzene rings is 1. The summed E-state index contributed by atoms with van der Waals surface area (Å²) in [7, 11) is 0. The average Bonchev–Trinajstić information content (AvgIpc) is 2.08. The van der Waals surface area contributed by atoms with Gasteiger partial charge < -0.3 is 10.8 Å². The quantitative estimate of drug-likeness (QED) is 0.734. The van der Waals surface area contributed by atoms with E-state index in [2.05, 4.69) is 0 Å². The molecule has 72 valence electrons. The molecule has 0 heterocycles. The monoisotopic (exact) mass is 187 g/mol. The number of aliphatic hydroxyl groups excluding tert-OH is 1. The highest BCUT2D eigenvalue weighted by Crippen LogP contribution is 2.17. The highest BCUT2D eigenvalue weighted by molar-refractivity contribution is 5.20. The molecular weight excluding hydrogens is 176 g/mol. The fourth-order valence-electron chi connectivity index (χ4n) is 1.000. The van der Waals surface area contributed by atoms with Crippen LogP contribution in [0.25, 0.3) is 0 Å². The highest BCUT2D eigenvalue weighted by Gasteiger charge is 2.14. The summed E-state index contributed by atoms with van der Waals surface area (Å²) in [4.78, 5) is 0. The van der Waals surface area contributed by atoms with E-state index in [1.165, 1.54) is 6.07 Å². The molecule has 2 atom stereocenters. The van der Waals surface area contributed by atoms with Crippen LogP contribution in [0.3, 0.4) is 0 Å². The van der Waals surface area contributed by atoms with Crippen molar-refractivity contribution in [3.05, 3.63) is 35.4 Å². The van der Waals surface area contributed by atoms with E-state index in [0.29, 0.717) is 0 Å². The molecule has 0 aliphatic heterocycles. The molecule has 0 fully saturated rings. The molecular formula is C9H11F2NO. The Kier molecular flexibility index (Phi) is 2.95. The van der Waals surface area contributed by atoms with Crippen LogP contribution < -0.4 is 5.73 Å². The number of aliphatic hydroxyl groups is 1. The second-order valence-corrected chi connectivity index (χ2v) is 2.98. The fraction of sp³-hybridized carbons (Fsp3) is 0.333. The maximum Gasteiger partial charge on any atom is 0.159 e. The Labute approximate surface area is 75.0 Å². The van der Waals surface area contributed by atoms with Gasteiger partial charge in [0.2, 0.25) is 0 Å². The summed E-state index contributed by atoms with van der Waals surface area (Å²) in [6, 6.07) is 2.72. The summed E-state index contributed by atoms with van der Waals surface area (Å²) in [5, 5.41) is 9.40. The number of halogens is 2. The maximum atomic E-state index is 12.7. The third-order valence-electron chi connectivity index (χ3n) is 1.78. The van der Waals surface area contributed by atoms with Gasteiger partial charge in [-0.25, -0.2) is 8.78 Å². The molecule has 3 N–H and O–H groups in total. The lowest BCUT2D eigenvalue weighted by atomic mass is 10.0. The van der Waals surface area contributed by atoms with Crippen molar-refractivity contribution in [3.63, 3.8) is 0 Å². The molecule has 0 aliphatic rings. The predicted molar refractivity (Wildman–Crippen MR) is 45.0 cm³/mol. The first-order chi connectivity index (χ1) is 6.02. The van der Waals surface area contributed by atoms with Gasteiger partial charge in [0.15, 0.2) is 11.6 Å². The van der Waals surface area contributed by atoms with E-state index in [1.807, 2.05) is 0 Å². The normalized spacial score (nSPS) is 15.5. The largest absolute Gasteiger partial charge is 0.387 e. The van der Waals surface area contributed by atoms with Crippen molar-refractivity contribution in [3.8, 4) is 0 Å². The zero-order chi connectivity index (χ0) is 10.0. The lowest BCUT2D eigenvalue weighted by Gasteiger charge is -2.14. The van der Waals surface area contributed by atoms with E-state index in [-0.39, 0.29) is 5.56 Å². The van der Waals surface area contributed by atoms with Gasteiger partial charge in [-0.05, 0) is 24.6 Å². The Bertz CT molecular complexity index is 302. The average molecular weight is 187 g/mol. The van der Waals surface area contributed by atoms with Crippen molar-refractivity contribution in [2.24, 2.45) is 5.73 Å². The molecule has 0 aromatic heterocycles. The lowest BCUT2D eigenvalue weighted by molar-refractivity contribution is 0.153. The van der Waals surface area contributed by atoms with E-state index in [0.717, 1.165) is 12.1 Å². The van der Waals surface area contributed by atoms with Crippen molar-refractivity contribution in [2.75, 3.05) is 0 Å². The SMILES string of the molecule is C[C@H](N)[C@H](O)c1ccc(F)c(F)c1. The van der Waals surface area contributed by atoms with Crippen LogP contribution in [-0.2, 0) is 0 Å². The van der Waals surface area contributed by atoms with Gasteiger partial charge in [0.25, 0.3) is 0 Å². The van der Waals surface area contributed by atoms with Crippen LogP contribution in [0.5, 0.6) is 0 Å². The van der Waals surface area contributed by atoms with Gasteiger partial charge in [-0.3, -0.25) is 0 Å². The summed E-state index contributed by atoms with van der Waals surface area (Å²) in [5.74, 6) is -1.90. The molecule has 0 aliphatic carbocycles. The first kappa shape index (κ1) is 10.1. The van der Waals surface area contributed by atoms with Gasteiger partial charge >= 0.3 is 0 Å². The molecule has 0 bridgehead atoms. The van der Waals surface area contributed by atoms with Crippen LogP contribution in [0.1, 0.15) is 18.6 Å². The zero-order valence-corrected chi connectivity index (χ0v) is 7.17. The lowest BCUT2D eigenvalue weighted by Crippen LogP contribution is -2.24. The molecule has 1 aromatic carbocycles. The molecule has 0 saturated carbocycles. The molecule has 0 spiro atoms. The first-order valence-corrected chi connectivity index (χ1v) is 3.91. The first-order valence-electron chi connectivity index (χ1n) is 3.91. The number of rotatable bonds is 2. The highest BCUT2D eigenvalue weighted by atomic mass is 19.2. The van der Waals surface area contributed by atoms with Gasteiger partial charge in [0.1, 0.15) is 0 Å². The third-order valence-corrected chi connectivity index (χ3v) is 1.78. The van der Waals surface area contributed by atoms with Crippen molar-refractivity contribution >= 4 is 0 Å². The topological polar surface area (TPSA) is 46.2 Å². The molecule has 1 aromatic rings. The van der Waals surface area contributed by atoms with Crippen molar-refractivity contribution in [2.45, 2.75) is 19.1 Å². The van der Waals surface area contributed by atoms with E-state index in [1.54, 1.807) is 6.92 Å². The number of hydrogen-bond donors (Lipinski definition) is 2. The number of hydrogen-bond acceptors (Lipinski definition) is 2. The van der Waals surface area contributed by atoms with E-state index in [4.69, 9.17) is 5.73 Å². The van der Waals surface area contributed by atoms with Crippen LogP contribution in [0.4, 0.5) is 8.78 Å². The minimum absolute atomic E-state index is 0.286. The van der Waals surface area contributed by atoms with Gasteiger partial charge in [-0.2, -0.15) is 0 Å². The Morgan fingerprint density at radius 1 is 1.31 bits per heavy atom. The smallest absolute Gasteiger partial charge is 0.159 e. The Morgan fingerprint density at radius 3 is 2.38 bits per heavy atom. The van der Waals surface area contributed by atoms with Crippen molar-refractivity contribution in [1.29, 1.82) is 0 Å². The Balaban J connectivity index is 2.97. The van der Waals surface area contributed by atoms with Crippen molar-refractivity contribution in [1.82, 2.24) is 0 Å². The van der Waals surface area contributed by atoms with Gasteiger partial charge in [-0.15, -0.1) is 0 Å². The number of nitrogens with two attached hydrogens (primary N) is 1. The fourth-order valence-corrected chi connectivity index (χ4v) is 1.000. The van der Waals surface area contributed by atoms with Crippen LogP contribution >= 0.6 is 0 Å². The molecule has 1 rings (SSSR count). The third kappa shape index (κ3) is 2.23. The maximum absolute atomic E-state index is 12.7. The van der Waals surface area contributed by atoms with Crippen molar-refractivity contribution < 1.29 is 13.9 Å². The summed E-state index contributed by atoms with van der Waals surface area (Å²) < 4.78 is 25.2. The zero-order valence-electron chi connectivity index (χ0n) is 7.17. The van der Waals surface area contributed by atoms with Crippen LogP contribution in [-0.4, -0.2) is 11.1 Å². The van der Waals surface area contributed by atoms with Gasteiger partial charge in [-0.1, -0.05) is 6.07 Å². The summed E-state index contributed by atoms with van der Waals surface area (Å²) >= 11 is 0. The van der Waals surface area contributed by atoms with Crippen LogP contribution in [0, 0.1) is 11.6 Å². The Hall–Kier alpha value is -1.00. The minimum Gasteiger partial charge on any atom is -0.387 e. The molecule has 0 unspecified atom stereocenters. The van der Waals surface area contributed by atoms with E-state index >= 15 is 0 Å². The molecule has 0 radical (unpaired) electrons. The molecule has 0 amide bonds. The van der Waals surface area contributed by atoms with E-state index in [9.17, 15) is 13.9 Å². The summed E-state index contributed by atoms with van der Waals surface area (Å²) in [6.45, 7) is 1.59.